The first-order valence-corrected chi connectivity index (χ1v) is 11.1. The molecule has 2 amide bonds. The zero-order valence-corrected chi connectivity index (χ0v) is 19.6. The molecule has 0 saturated heterocycles. The van der Waals surface area contributed by atoms with E-state index in [1.54, 1.807) is 18.3 Å². The van der Waals surface area contributed by atoms with Gasteiger partial charge < -0.3 is 19.9 Å². The van der Waals surface area contributed by atoms with E-state index >= 15 is 0 Å². The SMILES string of the molecule is Cn1cc(CCNC(=O)Nc2cccnc2Oc2ccccc2C(C)(C)C)c2ccccc21. The third kappa shape index (κ3) is 5.17. The predicted octanol–water partition coefficient (Wildman–Crippen LogP) is 6.03. The van der Waals surface area contributed by atoms with Crippen molar-refractivity contribution in [3.05, 3.63) is 84.2 Å². The highest BCUT2D eigenvalue weighted by molar-refractivity contribution is 5.90. The number of urea groups is 1. The molecular weight excluding hydrogens is 412 g/mol. The lowest BCUT2D eigenvalue weighted by molar-refractivity contribution is 0.252. The van der Waals surface area contributed by atoms with E-state index in [0.717, 1.165) is 17.7 Å². The molecule has 2 aromatic heterocycles. The number of para-hydroxylation sites is 2. The quantitative estimate of drug-likeness (QED) is 0.383. The molecule has 6 nitrogen and oxygen atoms in total. The molecule has 0 fully saturated rings. The second-order valence-corrected chi connectivity index (χ2v) is 9.12. The van der Waals surface area contributed by atoms with Gasteiger partial charge in [-0.1, -0.05) is 57.2 Å². The largest absolute Gasteiger partial charge is 0.437 e. The van der Waals surface area contributed by atoms with Crippen molar-refractivity contribution in [2.24, 2.45) is 7.05 Å². The van der Waals surface area contributed by atoms with Gasteiger partial charge in [-0.2, -0.15) is 0 Å². The summed E-state index contributed by atoms with van der Waals surface area (Å²) >= 11 is 0. The number of aromatic nitrogens is 2. The molecule has 170 valence electrons. The Balaban J connectivity index is 1.41. The van der Waals surface area contributed by atoms with E-state index in [2.05, 4.69) is 59.3 Å². The normalized spacial score (nSPS) is 11.4. The van der Waals surface area contributed by atoms with Crippen LogP contribution in [0.15, 0.2) is 73.1 Å². The summed E-state index contributed by atoms with van der Waals surface area (Å²) in [6.07, 6.45) is 4.51. The maximum atomic E-state index is 12.6. The number of amides is 2. The van der Waals surface area contributed by atoms with Crippen LogP contribution >= 0.6 is 0 Å². The van der Waals surface area contributed by atoms with Gasteiger partial charge in [0.05, 0.1) is 0 Å². The van der Waals surface area contributed by atoms with Gasteiger partial charge in [0, 0.05) is 42.5 Å². The van der Waals surface area contributed by atoms with Crippen LogP contribution in [0.2, 0.25) is 0 Å². The summed E-state index contributed by atoms with van der Waals surface area (Å²) in [6, 6.07) is 19.4. The molecule has 0 aliphatic carbocycles. The molecular formula is C27H30N4O2. The van der Waals surface area contributed by atoms with Crippen LogP contribution < -0.4 is 15.4 Å². The third-order valence-corrected chi connectivity index (χ3v) is 5.58. The van der Waals surface area contributed by atoms with Crippen LogP contribution in [-0.4, -0.2) is 22.1 Å². The van der Waals surface area contributed by atoms with E-state index in [1.807, 2.05) is 43.4 Å². The van der Waals surface area contributed by atoms with Crippen molar-refractivity contribution >= 4 is 22.6 Å². The highest BCUT2D eigenvalue weighted by Crippen LogP contribution is 2.35. The van der Waals surface area contributed by atoms with Crippen molar-refractivity contribution in [2.75, 3.05) is 11.9 Å². The number of nitrogens with one attached hydrogen (secondary N) is 2. The van der Waals surface area contributed by atoms with Crippen LogP contribution in [0.3, 0.4) is 0 Å². The van der Waals surface area contributed by atoms with Gasteiger partial charge in [0.2, 0.25) is 5.88 Å². The number of anilines is 1. The van der Waals surface area contributed by atoms with Gasteiger partial charge in [0.1, 0.15) is 11.4 Å². The highest BCUT2D eigenvalue weighted by atomic mass is 16.5. The molecule has 0 unspecified atom stereocenters. The molecule has 0 bridgehead atoms. The topological polar surface area (TPSA) is 68.2 Å². The third-order valence-electron chi connectivity index (χ3n) is 5.58. The smallest absolute Gasteiger partial charge is 0.319 e. The zero-order chi connectivity index (χ0) is 23.4. The van der Waals surface area contributed by atoms with Crippen molar-refractivity contribution in [1.82, 2.24) is 14.9 Å². The van der Waals surface area contributed by atoms with E-state index in [0.29, 0.717) is 18.1 Å². The van der Waals surface area contributed by atoms with Gasteiger partial charge in [0.15, 0.2) is 0 Å². The Hall–Kier alpha value is -3.80. The molecule has 4 aromatic rings. The van der Waals surface area contributed by atoms with Gasteiger partial charge in [-0.25, -0.2) is 9.78 Å². The first-order valence-electron chi connectivity index (χ1n) is 11.1. The predicted molar refractivity (Wildman–Crippen MR) is 133 cm³/mol. The Bertz CT molecular complexity index is 1270. The summed E-state index contributed by atoms with van der Waals surface area (Å²) in [6.45, 7) is 6.92. The Kier molecular flexibility index (Phi) is 6.36. The number of rotatable bonds is 6. The Labute approximate surface area is 194 Å². The van der Waals surface area contributed by atoms with E-state index < -0.39 is 0 Å². The first kappa shape index (κ1) is 22.4. The lowest BCUT2D eigenvalue weighted by Crippen LogP contribution is -2.30. The van der Waals surface area contributed by atoms with E-state index in [4.69, 9.17) is 4.74 Å². The number of nitrogens with zero attached hydrogens (tertiary/aromatic N) is 2. The fraction of sp³-hybridized carbons (Fsp3) is 0.259. The van der Waals surface area contributed by atoms with Crippen LogP contribution in [0.1, 0.15) is 31.9 Å². The first-order chi connectivity index (χ1) is 15.8. The second-order valence-electron chi connectivity index (χ2n) is 9.12. The molecule has 2 heterocycles. The average Bonchev–Trinajstić information content (AvgIpc) is 3.10. The molecule has 0 atom stereocenters. The van der Waals surface area contributed by atoms with Gasteiger partial charge in [-0.05, 0) is 41.7 Å². The summed E-state index contributed by atoms with van der Waals surface area (Å²) in [4.78, 5) is 16.9. The minimum absolute atomic E-state index is 0.0854. The molecule has 0 radical (unpaired) electrons. The average molecular weight is 443 g/mol. The number of aryl methyl sites for hydroxylation is 1. The number of benzene rings is 2. The summed E-state index contributed by atoms with van der Waals surface area (Å²) in [7, 11) is 2.04. The van der Waals surface area contributed by atoms with Gasteiger partial charge >= 0.3 is 6.03 Å². The van der Waals surface area contributed by atoms with Gasteiger partial charge in [-0.15, -0.1) is 0 Å². The maximum Gasteiger partial charge on any atom is 0.319 e. The number of hydrogen-bond donors (Lipinski definition) is 2. The number of ether oxygens (including phenoxy) is 1. The fourth-order valence-corrected chi connectivity index (χ4v) is 3.95. The monoisotopic (exact) mass is 442 g/mol. The number of carbonyl (C=O) groups excluding carboxylic acids is 1. The van der Waals surface area contributed by atoms with Gasteiger partial charge in [0.25, 0.3) is 0 Å². The molecule has 2 aromatic carbocycles. The molecule has 0 spiro atoms. The zero-order valence-electron chi connectivity index (χ0n) is 19.6. The Morgan fingerprint density at radius 3 is 2.61 bits per heavy atom. The molecule has 0 saturated carbocycles. The van der Waals surface area contributed by atoms with Crippen LogP contribution in [0.5, 0.6) is 11.6 Å². The van der Waals surface area contributed by atoms with Crippen LogP contribution in [0, 0.1) is 0 Å². The lowest BCUT2D eigenvalue weighted by Gasteiger charge is -2.22. The molecule has 4 rings (SSSR count). The van der Waals surface area contributed by atoms with E-state index in [9.17, 15) is 4.79 Å². The summed E-state index contributed by atoms with van der Waals surface area (Å²) < 4.78 is 8.25. The lowest BCUT2D eigenvalue weighted by atomic mass is 9.86. The number of hydrogen-bond acceptors (Lipinski definition) is 3. The van der Waals surface area contributed by atoms with Crippen molar-refractivity contribution < 1.29 is 9.53 Å². The molecule has 0 aliphatic heterocycles. The van der Waals surface area contributed by atoms with Crippen LogP contribution in [0.4, 0.5) is 10.5 Å². The fourth-order valence-electron chi connectivity index (χ4n) is 3.95. The highest BCUT2D eigenvalue weighted by Gasteiger charge is 2.20. The standard InChI is InChI=1S/C27H30N4O2/c1-27(2,3)21-11-6-8-14-24(21)33-25-22(12-9-16-28-25)30-26(32)29-17-15-19-18-31(4)23-13-7-5-10-20(19)23/h5-14,16,18H,15,17H2,1-4H3,(H2,29,30,32). The summed E-state index contributed by atoms with van der Waals surface area (Å²) in [5.74, 6) is 1.08. The molecule has 33 heavy (non-hydrogen) atoms. The van der Waals surface area contributed by atoms with Crippen molar-refractivity contribution in [1.29, 1.82) is 0 Å². The van der Waals surface area contributed by atoms with Crippen molar-refractivity contribution in [3.8, 4) is 11.6 Å². The summed E-state index contributed by atoms with van der Waals surface area (Å²) in [5, 5.41) is 7.02. The Morgan fingerprint density at radius 1 is 1.03 bits per heavy atom. The molecule has 2 N–H and O–H groups in total. The number of fused-ring (bicyclic) bond motifs is 1. The van der Waals surface area contributed by atoms with Crippen molar-refractivity contribution in [2.45, 2.75) is 32.6 Å². The number of pyridine rings is 1. The van der Waals surface area contributed by atoms with Crippen LogP contribution in [-0.2, 0) is 18.9 Å². The minimum Gasteiger partial charge on any atom is -0.437 e. The van der Waals surface area contributed by atoms with Crippen molar-refractivity contribution in [3.63, 3.8) is 0 Å². The Morgan fingerprint density at radius 2 is 1.79 bits per heavy atom. The van der Waals surface area contributed by atoms with Gasteiger partial charge in [-0.3, -0.25) is 0 Å². The maximum absolute atomic E-state index is 12.6. The van der Waals surface area contributed by atoms with E-state index in [-0.39, 0.29) is 11.4 Å². The molecule has 0 aliphatic rings. The second kappa shape index (κ2) is 9.36. The summed E-state index contributed by atoms with van der Waals surface area (Å²) in [5.41, 5.74) is 3.89. The number of carbonyl (C=O) groups is 1. The molecule has 6 heteroatoms. The van der Waals surface area contributed by atoms with Crippen LogP contribution in [0.25, 0.3) is 10.9 Å². The minimum atomic E-state index is -0.294. The van der Waals surface area contributed by atoms with E-state index in [1.165, 1.54) is 16.5 Å².